The van der Waals surface area contributed by atoms with Gasteiger partial charge in [-0.1, -0.05) is 26.0 Å². The van der Waals surface area contributed by atoms with E-state index in [1.807, 2.05) is 13.1 Å². The average molecular weight is 224 g/mol. The van der Waals surface area contributed by atoms with Crippen molar-refractivity contribution in [2.24, 2.45) is 0 Å². The summed E-state index contributed by atoms with van der Waals surface area (Å²) in [6.07, 6.45) is 0. The van der Waals surface area contributed by atoms with Crippen molar-refractivity contribution < 1.29 is 4.39 Å². The van der Waals surface area contributed by atoms with Gasteiger partial charge in [-0.15, -0.1) is 0 Å². The summed E-state index contributed by atoms with van der Waals surface area (Å²) in [4.78, 5) is 2.32. The van der Waals surface area contributed by atoms with Gasteiger partial charge < -0.3 is 5.32 Å². The minimum atomic E-state index is -0.161. The van der Waals surface area contributed by atoms with Crippen molar-refractivity contribution >= 4 is 0 Å². The number of hydrogen-bond donors (Lipinski definition) is 1. The predicted molar refractivity (Wildman–Crippen MR) is 66.0 cm³/mol. The molecule has 0 spiro atoms. The molecule has 0 amide bonds. The van der Waals surface area contributed by atoms with Gasteiger partial charge in [0.1, 0.15) is 5.82 Å². The molecule has 0 saturated carbocycles. The van der Waals surface area contributed by atoms with Crippen LogP contribution in [0, 0.1) is 5.82 Å². The molecule has 1 rings (SSSR count). The number of nitrogens with one attached hydrogen (secondary N) is 1. The number of likely N-dealkylation sites (N-methyl/N-ethyl adjacent to an activating group) is 2. The summed E-state index contributed by atoms with van der Waals surface area (Å²) in [5.41, 5.74) is 1.04. The van der Waals surface area contributed by atoms with Crippen LogP contribution in [0.5, 0.6) is 0 Å². The molecule has 0 saturated heterocycles. The Balaban J connectivity index is 2.91. The Morgan fingerprint density at radius 2 is 2.00 bits per heavy atom. The summed E-state index contributed by atoms with van der Waals surface area (Å²) in [5.74, 6) is -0.161. The van der Waals surface area contributed by atoms with Crippen LogP contribution in [0.25, 0.3) is 0 Å². The average Bonchev–Trinajstić information content (AvgIpc) is 2.29. The lowest BCUT2D eigenvalue weighted by molar-refractivity contribution is 0.216. The first kappa shape index (κ1) is 13.1. The van der Waals surface area contributed by atoms with Crippen molar-refractivity contribution in [3.63, 3.8) is 0 Å². The van der Waals surface area contributed by atoms with Crippen LogP contribution < -0.4 is 5.32 Å². The van der Waals surface area contributed by atoms with Gasteiger partial charge in [0.05, 0.1) is 0 Å². The molecule has 0 aliphatic rings. The highest BCUT2D eigenvalue weighted by atomic mass is 19.1. The van der Waals surface area contributed by atoms with Gasteiger partial charge in [0, 0.05) is 12.6 Å². The van der Waals surface area contributed by atoms with Crippen LogP contribution in [0.15, 0.2) is 24.3 Å². The van der Waals surface area contributed by atoms with E-state index in [0.29, 0.717) is 0 Å². The van der Waals surface area contributed by atoms with Gasteiger partial charge in [-0.05, 0) is 37.8 Å². The minimum Gasteiger partial charge on any atom is -0.318 e. The lowest BCUT2D eigenvalue weighted by Crippen LogP contribution is -2.34. The fourth-order valence-electron chi connectivity index (χ4n) is 2.03. The molecule has 0 heterocycles. The van der Waals surface area contributed by atoms with Gasteiger partial charge in [-0.3, -0.25) is 4.90 Å². The SMILES string of the molecule is CCN(CC)C(CNC)c1cccc(F)c1. The fourth-order valence-corrected chi connectivity index (χ4v) is 2.03. The molecule has 0 aliphatic carbocycles. The molecule has 1 N–H and O–H groups in total. The first-order valence-corrected chi connectivity index (χ1v) is 5.87. The number of benzene rings is 1. The standard InChI is InChI=1S/C13H21FN2/c1-4-16(5-2)13(10-15-3)11-7-6-8-12(14)9-11/h6-9,13,15H,4-5,10H2,1-3H3. The molecule has 1 aromatic rings. The minimum absolute atomic E-state index is 0.161. The van der Waals surface area contributed by atoms with Crippen LogP contribution >= 0.6 is 0 Å². The van der Waals surface area contributed by atoms with E-state index in [1.165, 1.54) is 6.07 Å². The van der Waals surface area contributed by atoms with Gasteiger partial charge >= 0.3 is 0 Å². The van der Waals surface area contributed by atoms with Crippen molar-refractivity contribution in [3.05, 3.63) is 35.6 Å². The highest BCUT2D eigenvalue weighted by Gasteiger charge is 2.17. The normalized spacial score (nSPS) is 13.1. The Labute approximate surface area is 97.5 Å². The third kappa shape index (κ3) is 3.29. The Kier molecular flexibility index (Phi) is 5.43. The molecule has 0 fully saturated rings. The molecule has 0 radical (unpaired) electrons. The lowest BCUT2D eigenvalue weighted by atomic mass is 10.0. The molecule has 90 valence electrons. The van der Waals surface area contributed by atoms with Gasteiger partial charge in [0.2, 0.25) is 0 Å². The summed E-state index contributed by atoms with van der Waals surface area (Å²) in [7, 11) is 1.93. The highest BCUT2D eigenvalue weighted by Crippen LogP contribution is 2.20. The molecular weight excluding hydrogens is 203 g/mol. The van der Waals surface area contributed by atoms with Gasteiger partial charge in [-0.25, -0.2) is 4.39 Å². The quantitative estimate of drug-likeness (QED) is 0.798. The van der Waals surface area contributed by atoms with Crippen LogP contribution in [0.2, 0.25) is 0 Å². The van der Waals surface area contributed by atoms with Gasteiger partial charge in [0.15, 0.2) is 0 Å². The molecule has 3 heteroatoms. The van der Waals surface area contributed by atoms with Crippen LogP contribution in [0.3, 0.4) is 0 Å². The van der Waals surface area contributed by atoms with Gasteiger partial charge in [-0.2, -0.15) is 0 Å². The monoisotopic (exact) mass is 224 g/mol. The Morgan fingerprint density at radius 3 is 2.50 bits per heavy atom. The molecule has 1 atom stereocenters. The molecule has 1 unspecified atom stereocenters. The molecule has 0 bridgehead atoms. The second kappa shape index (κ2) is 6.61. The number of halogens is 1. The predicted octanol–water partition coefficient (Wildman–Crippen LogP) is 2.43. The van der Waals surface area contributed by atoms with E-state index in [-0.39, 0.29) is 11.9 Å². The number of nitrogens with zero attached hydrogens (tertiary/aromatic N) is 1. The van der Waals surface area contributed by atoms with E-state index in [9.17, 15) is 4.39 Å². The van der Waals surface area contributed by atoms with Crippen LogP contribution in [0.4, 0.5) is 4.39 Å². The third-order valence-corrected chi connectivity index (χ3v) is 2.88. The molecule has 0 aromatic heterocycles. The second-order valence-corrected chi connectivity index (χ2v) is 3.85. The Bertz CT molecular complexity index is 311. The number of rotatable bonds is 6. The van der Waals surface area contributed by atoms with E-state index in [0.717, 1.165) is 25.2 Å². The van der Waals surface area contributed by atoms with Crippen LogP contribution in [0.1, 0.15) is 25.5 Å². The van der Waals surface area contributed by atoms with E-state index in [4.69, 9.17) is 0 Å². The number of hydrogen-bond acceptors (Lipinski definition) is 2. The molecule has 1 aromatic carbocycles. The summed E-state index contributed by atoms with van der Waals surface area (Å²) in [6.45, 7) is 7.04. The largest absolute Gasteiger partial charge is 0.318 e. The molecule has 0 aliphatic heterocycles. The summed E-state index contributed by atoms with van der Waals surface area (Å²) >= 11 is 0. The lowest BCUT2D eigenvalue weighted by Gasteiger charge is -2.30. The van der Waals surface area contributed by atoms with E-state index < -0.39 is 0 Å². The summed E-state index contributed by atoms with van der Waals surface area (Å²) in [6, 6.07) is 7.12. The maximum atomic E-state index is 13.2. The molecule has 16 heavy (non-hydrogen) atoms. The van der Waals surface area contributed by atoms with Crippen molar-refractivity contribution in [1.29, 1.82) is 0 Å². The molecular formula is C13H21FN2. The van der Waals surface area contributed by atoms with Crippen LogP contribution in [-0.4, -0.2) is 31.6 Å². The van der Waals surface area contributed by atoms with E-state index in [2.05, 4.69) is 24.1 Å². The first-order valence-electron chi connectivity index (χ1n) is 5.87. The van der Waals surface area contributed by atoms with E-state index in [1.54, 1.807) is 12.1 Å². The Morgan fingerprint density at radius 1 is 1.31 bits per heavy atom. The van der Waals surface area contributed by atoms with E-state index >= 15 is 0 Å². The maximum Gasteiger partial charge on any atom is 0.123 e. The third-order valence-electron chi connectivity index (χ3n) is 2.88. The van der Waals surface area contributed by atoms with Crippen molar-refractivity contribution in [1.82, 2.24) is 10.2 Å². The van der Waals surface area contributed by atoms with Crippen LogP contribution in [-0.2, 0) is 0 Å². The second-order valence-electron chi connectivity index (χ2n) is 3.85. The highest BCUT2D eigenvalue weighted by molar-refractivity contribution is 5.20. The molecule has 2 nitrogen and oxygen atoms in total. The van der Waals surface area contributed by atoms with Crippen molar-refractivity contribution in [2.75, 3.05) is 26.7 Å². The fraction of sp³-hybridized carbons (Fsp3) is 0.538. The maximum absolute atomic E-state index is 13.2. The zero-order valence-electron chi connectivity index (χ0n) is 10.3. The smallest absolute Gasteiger partial charge is 0.123 e. The van der Waals surface area contributed by atoms with Crippen molar-refractivity contribution in [2.45, 2.75) is 19.9 Å². The van der Waals surface area contributed by atoms with Crippen molar-refractivity contribution in [3.8, 4) is 0 Å². The zero-order valence-corrected chi connectivity index (χ0v) is 10.3. The van der Waals surface area contributed by atoms with Gasteiger partial charge in [0.25, 0.3) is 0 Å². The first-order chi connectivity index (χ1) is 7.72. The summed E-state index contributed by atoms with van der Waals surface area (Å²) < 4.78 is 13.2. The summed E-state index contributed by atoms with van der Waals surface area (Å²) in [5, 5.41) is 3.17. The Hall–Kier alpha value is -0.930. The zero-order chi connectivity index (χ0) is 12.0. The topological polar surface area (TPSA) is 15.3 Å².